The Morgan fingerprint density at radius 2 is 1.84 bits per heavy atom. The minimum Gasteiger partial charge on any atom is -0.484 e. The zero-order valence-electron chi connectivity index (χ0n) is 16.7. The summed E-state index contributed by atoms with van der Waals surface area (Å²) < 4.78 is 42.3. The summed E-state index contributed by atoms with van der Waals surface area (Å²) in [6.07, 6.45) is 0.825. The number of nitrogens with zero attached hydrogens (tertiary/aromatic N) is 2. The van der Waals surface area contributed by atoms with Crippen molar-refractivity contribution in [2.45, 2.75) is 31.5 Å². The van der Waals surface area contributed by atoms with E-state index in [1.165, 1.54) is 12.4 Å². The number of aromatic nitrogens is 2. The summed E-state index contributed by atoms with van der Waals surface area (Å²) in [5.74, 6) is 0.0396. The monoisotopic (exact) mass is 427 g/mol. The van der Waals surface area contributed by atoms with Crippen LogP contribution >= 0.6 is 0 Å². The standard InChI is InChI=1S/C23H20F3N3O2/c1-22(9-15-10-27-14-28-11-15)20-8-17(5-6-18(20)12-29-21(22)30)16-3-2-4-19(7-16)31-13-23(24,25)26/h2-8,10-11,14H,9,12-13H2,1H3,(H,29,30). The number of ether oxygens (including phenoxy) is 1. The number of halogens is 3. The number of nitrogens with one attached hydrogen (secondary N) is 1. The van der Waals surface area contributed by atoms with Crippen LogP contribution in [0.15, 0.2) is 61.2 Å². The molecule has 31 heavy (non-hydrogen) atoms. The van der Waals surface area contributed by atoms with Gasteiger partial charge in [-0.2, -0.15) is 13.2 Å². The van der Waals surface area contributed by atoms with Crippen LogP contribution in [0.1, 0.15) is 23.6 Å². The molecule has 4 rings (SSSR count). The number of alkyl halides is 3. The lowest BCUT2D eigenvalue weighted by Gasteiger charge is -2.35. The van der Waals surface area contributed by atoms with Gasteiger partial charge in [0, 0.05) is 18.9 Å². The predicted octanol–water partition coefficient (Wildman–Crippen LogP) is 4.21. The van der Waals surface area contributed by atoms with Crippen LogP contribution in [0.2, 0.25) is 0 Å². The van der Waals surface area contributed by atoms with Gasteiger partial charge in [-0.05, 0) is 59.4 Å². The molecular weight excluding hydrogens is 407 g/mol. The van der Waals surface area contributed by atoms with Crippen molar-refractivity contribution in [2.75, 3.05) is 6.61 Å². The van der Waals surface area contributed by atoms with E-state index in [1.54, 1.807) is 30.6 Å². The van der Waals surface area contributed by atoms with Crippen LogP contribution in [0.5, 0.6) is 5.75 Å². The quantitative estimate of drug-likeness (QED) is 0.663. The van der Waals surface area contributed by atoms with Crippen molar-refractivity contribution in [1.29, 1.82) is 0 Å². The second-order valence-electron chi connectivity index (χ2n) is 7.74. The molecule has 160 valence electrons. The number of amides is 1. The van der Waals surface area contributed by atoms with Crippen LogP contribution in [0.25, 0.3) is 11.1 Å². The normalized spacial score (nSPS) is 18.3. The fraction of sp³-hybridized carbons (Fsp3) is 0.261. The Balaban J connectivity index is 1.69. The van der Waals surface area contributed by atoms with Crippen LogP contribution in [0.3, 0.4) is 0 Å². The first-order valence-electron chi connectivity index (χ1n) is 9.70. The smallest absolute Gasteiger partial charge is 0.422 e. The van der Waals surface area contributed by atoms with Gasteiger partial charge in [0.2, 0.25) is 5.91 Å². The SMILES string of the molecule is CC1(Cc2cncnc2)C(=O)NCc2ccc(-c3cccc(OCC(F)(F)F)c3)cc21. The lowest BCUT2D eigenvalue weighted by molar-refractivity contribution is -0.153. The van der Waals surface area contributed by atoms with Crippen molar-refractivity contribution in [3.8, 4) is 16.9 Å². The molecule has 0 fully saturated rings. The molecule has 1 amide bonds. The molecule has 0 saturated carbocycles. The summed E-state index contributed by atoms with van der Waals surface area (Å²) in [6, 6.07) is 12.3. The van der Waals surface area contributed by atoms with Crippen LogP contribution in [0, 0.1) is 0 Å². The summed E-state index contributed by atoms with van der Waals surface area (Å²) in [6.45, 7) is 0.946. The highest BCUT2D eigenvalue weighted by Gasteiger charge is 2.40. The van der Waals surface area contributed by atoms with E-state index in [1.807, 2.05) is 25.1 Å². The van der Waals surface area contributed by atoms with Crippen LogP contribution in [-0.4, -0.2) is 28.7 Å². The number of hydrogen-bond acceptors (Lipinski definition) is 4. The number of hydrogen-bond donors (Lipinski definition) is 1. The third-order valence-electron chi connectivity index (χ3n) is 5.39. The third-order valence-corrected chi connectivity index (χ3v) is 5.39. The minimum absolute atomic E-state index is 0.0942. The van der Waals surface area contributed by atoms with Crippen molar-refractivity contribution in [2.24, 2.45) is 0 Å². The molecule has 0 aliphatic carbocycles. The number of carbonyl (C=O) groups is 1. The first-order valence-corrected chi connectivity index (χ1v) is 9.70. The number of carbonyl (C=O) groups excluding carboxylic acids is 1. The van der Waals surface area contributed by atoms with Crippen LogP contribution in [0.4, 0.5) is 13.2 Å². The van der Waals surface area contributed by atoms with E-state index >= 15 is 0 Å². The van der Waals surface area contributed by atoms with Gasteiger partial charge in [-0.3, -0.25) is 4.79 Å². The van der Waals surface area contributed by atoms with E-state index in [-0.39, 0.29) is 11.7 Å². The Morgan fingerprint density at radius 3 is 2.58 bits per heavy atom. The van der Waals surface area contributed by atoms with E-state index < -0.39 is 18.2 Å². The summed E-state index contributed by atoms with van der Waals surface area (Å²) in [7, 11) is 0. The fourth-order valence-electron chi connectivity index (χ4n) is 3.85. The molecule has 0 spiro atoms. The van der Waals surface area contributed by atoms with E-state index in [2.05, 4.69) is 15.3 Å². The second kappa shape index (κ2) is 8.02. The van der Waals surface area contributed by atoms with Crippen molar-refractivity contribution in [1.82, 2.24) is 15.3 Å². The Kier molecular flexibility index (Phi) is 5.39. The number of rotatable bonds is 5. The maximum Gasteiger partial charge on any atom is 0.422 e. The Morgan fingerprint density at radius 1 is 1.10 bits per heavy atom. The maximum absolute atomic E-state index is 12.9. The molecule has 1 N–H and O–H groups in total. The highest BCUT2D eigenvalue weighted by atomic mass is 19.4. The first-order chi connectivity index (χ1) is 14.7. The predicted molar refractivity (Wildman–Crippen MR) is 108 cm³/mol. The number of benzene rings is 2. The topological polar surface area (TPSA) is 64.1 Å². The average Bonchev–Trinajstić information content (AvgIpc) is 2.75. The molecule has 1 aliphatic rings. The molecule has 1 atom stereocenters. The molecule has 5 nitrogen and oxygen atoms in total. The van der Waals surface area contributed by atoms with Gasteiger partial charge >= 0.3 is 6.18 Å². The molecular formula is C23H20F3N3O2. The Bertz CT molecular complexity index is 1100. The van der Waals surface area contributed by atoms with E-state index in [9.17, 15) is 18.0 Å². The lowest BCUT2D eigenvalue weighted by Crippen LogP contribution is -2.48. The summed E-state index contributed by atoms with van der Waals surface area (Å²) in [5.41, 5.74) is 3.37. The van der Waals surface area contributed by atoms with Gasteiger partial charge in [-0.15, -0.1) is 0 Å². The molecule has 1 unspecified atom stereocenters. The minimum atomic E-state index is -4.40. The molecule has 0 bridgehead atoms. The zero-order valence-corrected chi connectivity index (χ0v) is 16.7. The van der Waals surface area contributed by atoms with Crippen molar-refractivity contribution in [3.63, 3.8) is 0 Å². The van der Waals surface area contributed by atoms with Crippen molar-refractivity contribution in [3.05, 3.63) is 77.9 Å². The molecule has 1 aliphatic heterocycles. The van der Waals surface area contributed by atoms with Gasteiger partial charge < -0.3 is 10.1 Å². The lowest BCUT2D eigenvalue weighted by atomic mass is 9.72. The van der Waals surface area contributed by atoms with Gasteiger partial charge in [-0.25, -0.2) is 9.97 Å². The first kappa shape index (κ1) is 20.8. The number of fused-ring (bicyclic) bond motifs is 1. The van der Waals surface area contributed by atoms with Gasteiger partial charge in [0.1, 0.15) is 12.1 Å². The van der Waals surface area contributed by atoms with Gasteiger partial charge in [0.05, 0.1) is 5.41 Å². The molecule has 2 heterocycles. The van der Waals surface area contributed by atoms with Crippen LogP contribution < -0.4 is 10.1 Å². The third kappa shape index (κ3) is 4.52. The van der Waals surface area contributed by atoms with E-state index in [0.29, 0.717) is 18.5 Å². The molecule has 1 aromatic heterocycles. The molecule has 3 aromatic rings. The van der Waals surface area contributed by atoms with E-state index in [4.69, 9.17) is 4.74 Å². The van der Waals surface area contributed by atoms with Gasteiger partial charge in [0.25, 0.3) is 0 Å². The maximum atomic E-state index is 12.9. The fourth-order valence-corrected chi connectivity index (χ4v) is 3.85. The second-order valence-corrected chi connectivity index (χ2v) is 7.74. The highest BCUT2D eigenvalue weighted by molar-refractivity contribution is 5.90. The average molecular weight is 427 g/mol. The van der Waals surface area contributed by atoms with Gasteiger partial charge in [-0.1, -0.05) is 24.3 Å². The van der Waals surface area contributed by atoms with Crippen LogP contribution in [-0.2, 0) is 23.2 Å². The molecule has 0 radical (unpaired) electrons. The zero-order chi connectivity index (χ0) is 22.1. The highest BCUT2D eigenvalue weighted by Crippen LogP contribution is 2.37. The van der Waals surface area contributed by atoms with Crippen molar-refractivity contribution >= 4 is 5.91 Å². The Hall–Kier alpha value is -3.42. The van der Waals surface area contributed by atoms with Crippen molar-refractivity contribution < 1.29 is 22.7 Å². The molecule has 8 heteroatoms. The largest absolute Gasteiger partial charge is 0.484 e. The molecule has 0 saturated heterocycles. The molecule has 2 aromatic carbocycles. The summed E-state index contributed by atoms with van der Waals surface area (Å²) >= 11 is 0. The van der Waals surface area contributed by atoms with Gasteiger partial charge in [0.15, 0.2) is 6.61 Å². The summed E-state index contributed by atoms with van der Waals surface area (Å²) in [5, 5.41) is 2.94. The Labute approximate surface area is 177 Å². The van der Waals surface area contributed by atoms with E-state index in [0.717, 1.165) is 22.3 Å². The summed E-state index contributed by atoms with van der Waals surface area (Å²) in [4.78, 5) is 21.0.